The molecule has 0 saturated heterocycles. The van der Waals surface area contributed by atoms with Crippen LogP contribution in [0, 0.1) is 0 Å². The monoisotopic (exact) mass is 336 g/mol. The maximum absolute atomic E-state index is 12.5. The van der Waals surface area contributed by atoms with Crippen LogP contribution in [-0.2, 0) is 0 Å². The fourth-order valence-corrected chi connectivity index (χ4v) is 2.27. The lowest BCUT2D eigenvalue weighted by Gasteiger charge is -2.06. The van der Waals surface area contributed by atoms with Gasteiger partial charge in [-0.1, -0.05) is 18.2 Å². The Labute approximate surface area is 144 Å². The van der Waals surface area contributed by atoms with Gasteiger partial charge in [-0.15, -0.1) is 0 Å². The van der Waals surface area contributed by atoms with Crippen LogP contribution in [-0.4, -0.2) is 28.7 Å². The number of carbonyl (C=O) groups excluding carboxylic acids is 2. The topological polar surface area (TPSA) is 99.2 Å². The zero-order valence-electron chi connectivity index (χ0n) is 13.5. The molecule has 7 heteroatoms. The van der Waals surface area contributed by atoms with Crippen molar-refractivity contribution in [3.8, 4) is 5.75 Å². The number of carbonyl (C=O) groups is 2. The van der Waals surface area contributed by atoms with Gasteiger partial charge in [-0.05, 0) is 36.4 Å². The Kier molecular flexibility index (Phi) is 4.47. The van der Waals surface area contributed by atoms with Gasteiger partial charge in [-0.2, -0.15) is 9.78 Å². The molecule has 0 spiro atoms. The minimum Gasteiger partial charge on any atom is -0.497 e. The van der Waals surface area contributed by atoms with Gasteiger partial charge in [0.2, 0.25) is 0 Å². The SMILES string of the molecule is COc1ccc(C(=O)n2ncc(C(=O)Nc3ccccc3)c2N)cc1. The van der Waals surface area contributed by atoms with Gasteiger partial charge in [0.15, 0.2) is 0 Å². The first-order chi connectivity index (χ1) is 12.1. The predicted octanol–water partition coefficient (Wildman–Crippen LogP) is 2.41. The van der Waals surface area contributed by atoms with E-state index in [0.29, 0.717) is 17.0 Å². The molecule has 1 amide bonds. The highest BCUT2D eigenvalue weighted by atomic mass is 16.5. The molecule has 1 aromatic heterocycles. The second-order valence-corrected chi connectivity index (χ2v) is 5.21. The quantitative estimate of drug-likeness (QED) is 0.762. The Morgan fingerprint density at radius 2 is 1.76 bits per heavy atom. The van der Waals surface area contributed by atoms with E-state index in [0.717, 1.165) is 4.68 Å². The van der Waals surface area contributed by atoms with Gasteiger partial charge in [0, 0.05) is 11.3 Å². The fourth-order valence-electron chi connectivity index (χ4n) is 2.27. The number of methoxy groups -OCH3 is 1. The molecular weight excluding hydrogens is 320 g/mol. The Morgan fingerprint density at radius 3 is 2.40 bits per heavy atom. The zero-order chi connectivity index (χ0) is 17.8. The lowest BCUT2D eigenvalue weighted by Crippen LogP contribution is -2.18. The van der Waals surface area contributed by atoms with Crippen molar-refractivity contribution in [2.75, 3.05) is 18.2 Å². The summed E-state index contributed by atoms with van der Waals surface area (Å²) in [5.74, 6) is -0.251. The molecule has 0 aliphatic carbocycles. The van der Waals surface area contributed by atoms with E-state index in [1.807, 2.05) is 6.07 Å². The summed E-state index contributed by atoms with van der Waals surface area (Å²) in [4.78, 5) is 24.8. The molecule has 0 saturated carbocycles. The van der Waals surface area contributed by atoms with E-state index >= 15 is 0 Å². The average molecular weight is 336 g/mol. The molecule has 0 aliphatic rings. The predicted molar refractivity (Wildman–Crippen MR) is 93.8 cm³/mol. The number of nitrogens with one attached hydrogen (secondary N) is 1. The Hall–Kier alpha value is -3.61. The number of nitrogens with two attached hydrogens (primary N) is 1. The number of amides is 1. The number of rotatable bonds is 4. The highest BCUT2D eigenvalue weighted by Gasteiger charge is 2.20. The molecule has 0 bridgehead atoms. The Bertz CT molecular complexity index is 902. The van der Waals surface area contributed by atoms with E-state index in [4.69, 9.17) is 10.5 Å². The van der Waals surface area contributed by atoms with Crippen molar-refractivity contribution in [3.05, 3.63) is 71.9 Å². The zero-order valence-corrected chi connectivity index (χ0v) is 13.5. The number of ether oxygens (including phenoxy) is 1. The standard InChI is InChI=1S/C18H16N4O3/c1-25-14-9-7-12(8-10-14)18(24)22-16(19)15(11-20-22)17(23)21-13-5-3-2-4-6-13/h2-11H,19H2,1H3,(H,21,23). The van der Waals surface area contributed by atoms with Crippen LogP contribution >= 0.6 is 0 Å². The summed E-state index contributed by atoms with van der Waals surface area (Å²) in [6.07, 6.45) is 1.27. The van der Waals surface area contributed by atoms with Crippen molar-refractivity contribution in [2.45, 2.75) is 0 Å². The molecule has 126 valence electrons. The molecule has 0 fully saturated rings. The molecule has 2 aromatic carbocycles. The largest absolute Gasteiger partial charge is 0.497 e. The normalized spacial score (nSPS) is 10.3. The first-order valence-electron chi connectivity index (χ1n) is 7.49. The van der Waals surface area contributed by atoms with E-state index in [-0.39, 0.29) is 11.4 Å². The molecule has 7 nitrogen and oxygen atoms in total. The van der Waals surface area contributed by atoms with Gasteiger partial charge in [-0.25, -0.2) is 0 Å². The number of nitrogens with zero attached hydrogens (tertiary/aromatic N) is 2. The Balaban J connectivity index is 1.82. The van der Waals surface area contributed by atoms with Crippen LogP contribution in [0.2, 0.25) is 0 Å². The fraction of sp³-hybridized carbons (Fsp3) is 0.0556. The first kappa shape index (κ1) is 16.3. The van der Waals surface area contributed by atoms with Crippen molar-refractivity contribution in [1.29, 1.82) is 0 Å². The average Bonchev–Trinajstić information content (AvgIpc) is 3.03. The second-order valence-electron chi connectivity index (χ2n) is 5.21. The van der Waals surface area contributed by atoms with Crippen LogP contribution in [0.15, 0.2) is 60.8 Å². The minimum atomic E-state index is -0.433. The van der Waals surface area contributed by atoms with Gasteiger partial charge >= 0.3 is 0 Å². The summed E-state index contributed by atoms with van der Waals surface area (Å²) >= 11 is 0. The van der Waals surface area contributed by atoms with Gasteiger partial charge in [0.1, 0.15) is 17.1 Å². The number of para-hydroxylation sites is 1. The number of nitrogen functional groups attached to an aromatic ring is 1. The van der Waals surface area contributed by atoms with Crippen LogP contribution in [0.5, 0.6) is 5.75 Å². The highest BCUT2D eigenvalue weighted by molar-refractivity contribution is 6.09. The molecule has 25 heavy (non-hydrogen) atoms. The summed E-state index contributed by atoms with van der Waals surface area (Å²) in [6, 6.07) is 15.5. The lowest BCUT2D eigenvalue weighted by molar-refractivity contribution is 0.0948. The third-order valence-electron chi connectivity index (χ3n) is 3.61. The van der Waals surface area contributed by atoms with Crippen LogP contribution in [0.4, 0.5) is 11.5 Å². The van der Waals surface area contributed by atoms with E-state index in [1.54, 1.807) is 55.6 Å². The molecule has 0 aliphatic heterocycles. The summed E-state index contributed by atoms with van der Waals surface area (Å²) in [5.41, 5.74) is 7.08. The van der Waals surface area contributed by atoms with E-state index in [2.05, 4.69) is 10.4 Å². The highest BCUT2D eigenvalue weighted by Crippen LogP contribution is 2.17. The third kappa shape index (κ3) is 3.35. The van der Waals surface area contributed by atoms with Crippen LogP contribution < -0.4 is 15.8 Å². The molecular formula is C18H16N4O3. The number of benzene rings is 2. The number of hydrogen-bond acceptors (Lipinski definition) is 5. The van der Waals surface area contributed by atoms with Crippen LogP contribution in [0.1, 0.15) is 20.7 Å². The first-order valence-corrected chi connectivity index (χ1v) is 7.49. The van der Waals surface area contributed by atoms with Crippen LogP contribution in [0.25, 0.3) is 0 Å². The van der Waals surface area contributed by atoms with E-state index < -0.39 is 11.8 Å². The summed E-state index contributed by atoms with van der Waals surface area (Å²) < 4.78 is 6.06. The van der Waals surface area contributed by atoms with Gasteiger partial charge in [-0.3, -0.25) is 9.59 Å². The van der Waals surface area contributed by atoms with Crippen LogP contribution in [0.3, 0.4) is 0 Å². The number of aromatic nitrogens is 2. The van der Waals surface area contributed by atoms with Gasteiger partial charge in [0.05, 0.1) is 13.3 Å². The molecule has 0 radical (unpaired) electrons. The maximum Gasteiger partial charge on any atom is 0.280 e. The maximum atomic E-state index is 12.5. The molecule has 1 heterocycles. The van der Waals surface area contributed by atoms with Crippen molar-refractivity contribution in [3.63, 3.8) is 0 Å². The van der Waals surface area contributed by atoms with E-state index in [1.165, 1.54) is 6.20 Å². The number of hydrogen-bond donors (Lipinski definition) is 2. The molecule has 3 rings (SSSR count). The molecule has 3 N–H and O–H groups in total. The van der Waals surface area contributed by atoms with Gasteiger partial charge < -0.3 is 15.8 Å². The van der Waals surface area contributed by atoms with E-state index in [9.17, 15) is 9.59 Å². The van der Waals surface area contributed by atoms with Crippen molar-refractivity contribution < 1.29 is 14.3 Å². The second kappa shape index (κ2) is 6.88. The minimum absolute atomic E-state index is 0.0192. The van der Waals surface area contributed by atoms with Gasteiger partial charge in [0.25, 0.3) is 11.8 Å². The summed E-state index contributed by atoms with van der Waals surface area (Å²) in [7, 11) is 1.54. The molecule has 0 unspecified atom stereocenters. The van der Waals surface area contributed by atoms with Crippen molar-refractivity contribution >= 4 is 23.3 Å². The smallest absolute Gasteiger partial charge is 0.280 e. The van der Waals surface area contributed by atoms with Crippen molar-refractivity contribution in [2.24, 2.45) is 0 Å². The number of anilines is 2. The molecule has 3 aromatic rings. The molecule has 0 atom stereocenters. The summed E-state index contributed by atoms with van der Waals surface area (Å²) in [6.45, 7) is 0. The third-order valence-corrected chi connectivity index (χ3v) is 3.61. The Morgan fingerprint density at radius 1 is 1.08 bits per heavy atom. The summed E-state index contributed by atoms with van der Waals surface area (Å²) in [5, 5.41) is 6.65. The lowest BCUT2D eigenvalue weighted by atomic mass is 10.2. The van der Waals surface area contributed by atoms with Crippen molar-refractivity contribution in [1.82, 2.24) is 9.78 Å².